The van der Waals surface area contributed by atoms with Crippen LogP contribution < -0.4 is 5.73 Å². The number of nitrogen functional groups attached to an aromatic ring is 1. The van der Waals surface area contributed by atoms with Crippen molar-refractivity contribution in [2.75, 3.05) is 5.73 Å². The zero-order valence-corrected chi connectivity index (χ0v) is 24.3. The molecular weight excluding hydrogens is 422 g/mol. The molecule has 3 aromatic rings. The quantitative estimate of drug-likeness (QED) is 0.371. The van der Waals surface area contributed by atoms with Gasteiger partial charge in [0.25, 0.3) is 0 Å². The van der Waals surface area contributed by atoms with Crippen LogP contribution in [0.15, 0.2) is 54.6 Å². The van der Waals surface area contributed by atoms with E-state index in [1.165, 1.54) is 38.9 Å². The Morgan fingerprint density at radius 3 is 1.14 bits per heavy atom. The van der Waals surface area contributed by atoms with E-state index < -0.39 is 0 Å². The molecule has 0 aliphatic heterocycles. The van der Waals surface area contributed by atoms with Gasteiger partial charge in [0.2, 0.25) is 0 Å². The summed E-state index contributed by atoms with van der Waals surface area (Å²) in [7, 11) is 0. The smallest absolute Gasteiger partial charge is 0.0400 e. The summed E-state index contributed by atoms with van der Waals surface area (Å²) in [5.41, 5.74) is 18.0. The molecule has 0 radical (unpaired) electrons. The predicted molar refractivity (Wildman–Crippen MR) is 157 cm³/mol. The van der Waals surface area contributed by atoms with Crippen LogP contribution in [-0.4, -0.2) is 0 Å². The summed E-state index contributed by atoms with van der Waals surface area (Å²) in [4.78, 5) is 0. The van der Waals surface area contributed by atoms with Crippen molar-refractivity contribution in [3.8, 4) is 22.3 Å². The molecule has 1 heteroatoms. The van der Waals surface area contributed by atoms with Crippen molar-refractivity contribution in [1.29, 1.82) is 0 Å². The first-order valence-electron chi connectivity index (χ1n) is 13.0. The highest BCUT2D eigenvalue weighted by molar-refractivity contribution is 5.92. The molecule has 0 aliphatic rings. The van der Waals surface area contributed by atoms with Crippen molar-refractivity contribution in [2.45, 2.75) is 105 Å². The second kappa shape index (κ2) is 8.84. The Balaban J connectivity index is 2.40. The van der Waals surface area contributed by atoms with Gasteiger partial charge in [-0.15, -0.1) is 0 Å². The van der Waals surface area contributed by atoms with Crippen LogP contribution in [0.1, 0.15) is 105 Å². The lowest BCUT2D eigenvalue weighted by atomic mass is 9.77. The molecule has 188 valence electrons. The van der Waals surface area contributed by atoms with Gasteiger partial charge in [-0.1, -0.05) is 132 Å². The zero-order chi connectivity index (χ0) is 26.6. The van der Waals surface area contributed by atoms with Crippen LogP contribution in [0.25, 0.3) is 22.3 Å². The molecule has 0 saturated heterocycles. The number of anilines is 1. The van der Waals surface area contributed by atoms with E-state index in [2.05, 4.69) is 132 Å². The highest BCUT2D eigenvalue weighted by Gasteiger charge is 2.25. The molecule has 1 nitrogen and oxygen atoms in total. The van der Waals surface area contributed by atoms with Gasteiger partial charge in [0.15, 0.2) is 0 Å². The van der Waals surface area contributed by atoms with Crippen molar-refractivity contribution in [3.05, 3.63) is 76.9 Å². The SMILES string of the molecule is CC(C)(C)c1cc(-c2cccc(N)c2-c2cc(C(C)(C)C)cc(C(C)(C)C)c2)cc(C(C)(C)C)c1. The molecule has 0 saturated carbocycles. The lowest BCUT2D eigenvalue weighted by Gasteiger charge is -2.28. The summed E-state index contributed by atoms with van der Waals surface area (Å²) in [5, 5.41) is 0. The van der Waals surface area contributed by atoms with Crippen molar-refractivity contribution >= 4 is 5.69 Å². The Kier molecular flexibility index (Phi) is 6.83. The second-order valence-electron chi connectivity index (χ2n) is 14.4. The molecule has 0 aromatic heterocycles. The van der Waals surface area contributed by atoms with Crippen LogP contribution in [0, 0.1) is 0 Å². The fraction of sp³-hybridized carbons (Fsp3) is 0.471. The van der Waals surface area contributed by atoms with Crippen molar-refractivity contribution < 1.29 is 0 Å². The fourth-order valence-corrected chi connectivity index (χ4v) is 4.42. The second-order valence-corrected chi connectivity index (χ2v) is 14.4. The molecule has 0 fully saturated rings. The minimum absolute atomic E-state index is 0.0469. The number of rotatable bonds is 2. The van der Waals surface area contributed by atoms with Gasteiger partial charge in [0.05, 0.1) is 0 Å². The third-order valence-electron chi connectivity index (χ3n) is 7.03. The summed E-state index contributed by atoms with van der Waals surface area (Å²) < 4.78 is 0. The molecule has 0 amide bonds. The minimum atomic E-state index is 0.0469. The Bertz CT molecular complexity index is 1150. The van der Waals surface area contributed by atoms with E-state index in [9.17, 15) is 0 Å². The molecule has 0 atom stereocenters. The van der Waals surface area contributed by atoms with E-state index in [0.29, 0.717) is 0 Å². The van der Waals surface area contributed by atoms with E-state index in [1.54, 1.807) is 0 Å². The average molecular weight is 470 g/mol. The highest BCUT2D eigenvalue weighted by Crippen LogP contribution is 2.42. The van der Waals surface area contributed by atoms with Crippen molar-refractivity contribution in [2.24, 2.45) is 0 Å². The van der Waals surface area contributed by atoms with E-state index in [1.807, 2.05) is 6.07 Å². The van der Waals surface area contributed by atoms with Crippen LogP contribution in [0.3, 0.4) is 0 Å². The van der Waals surface area contributed by atoms with Crippen LogP contribution >= 0.6 is 0 Å². The zero-order valence-electron chi connectivity index (χ0n) is 24.3. The first-order chi connectivity index (χ1) is 15.8. The molecule has 0 bridgehead atoms. The minimum Gasteiger partial charge on any atom is -0.398 e. The standard InChI is InChI=1S/C34H47N/c1-31(2,3)24-16-22(17-25(20-24)32(4,5)6)28-14-13-15-29(35)30(28)23-18-26(33(7,8)9)21-27(19-23)34(10,11)12/h13-21H,35H2,1-12H3. The number of hydrogen-bond acceptors (Lipinski definition) is 1. The molecule has 35 heavy (non-hydrogen) atoms. The summed E-state index contributed by atoms with van der Waals surface area (Å²) in [6.07, 6.45) is 0. The first kappa shape index (κ1) is 27.1. The maximum atomic E-state index is 6.76. The maximum Gasteiger partial charge on any atom is 0.0400 e. The topological polar surface area (TPSA) is 26.0 Å². The van der Waals surface area contributed by atoms with Crippen LogP contribution in [-0.2, 0) is 21.7 Å². The first-order valence-corrected chi connectivity index (χ1v) is 13.0. The summed E-state index contributed by atoms with van der Waals surface area (Å²) >= 11 is 0. The Morgan fingerprint density at radius 2 is 0.800 bits per heavy atom. The van der Waals surface area contributed by atoms with E-state index in [4.69, 9.17) is 5.73 Å². The molecule has 3 aromatic carbocycles. The number of nitrogens with two attached hydrogens (primary N) is 1. The normalized spacial score (nSPS) is 13.3. The monoisotopic (exact) mass is 469 g/mol. The Labute approximate surface area is 215 Å². The molecule has 2 N–H and O–H groups in total. The van der Waals surface area contributed by atoms with Crippen molar-refractivity contribution in [3.63, 3.8) is 0 Å². The predicted octanol–water partition coefficient (Wildman–Crippen LogP) is 9.79. The maximum absolute atomic E-state index is 6.76. The molecule has 0 heterocycles. The van der Waals surface area contributed by atoms with E-state index in [0.717, 1.165) is 11.3 Å². The third kappa shape index (κ3) is 6.00. The van der Waals surface area contributed by atoms with Crippen molar-refractivity contribution in [1.82, 2.24) is 0 Å². The number of benzene rings is 3. The van der Waals surface area contributed by atoms with Gasteiger partial charge in [-0.25, -0.2) is 0 Å². The molecule has 0 unspecified atom stereocenters. The van der Waals surface area contributed by atoms with Crippen LogP contribution in [0.4, 0.5) is 5.69 Å². The summed E-state index contributed by atoms with van der Waals surface area (Å²) in [6.45, 7) is 27.5. The molecular formula is C34H47N. The van der Waals surface area contributed by atoms with Gasteiger partial charge in [0.1, 0.15) is 0 Å². The highest BCUT2D eigenvalue weighted by atomic mass is 14.6. The van der Waals surface area contributed by atoms with E-state index in [-0.39, 0.29) is 21.7 Å². The molecule has 0 spiro atoms. The lowest BCUT2D eigenvalue weighted by molar-refractivity contribution is 0.568. The number of hydrogen-bond donors (Lipinski definition) is 1. The van der Waals surface area contributed by atoms with Gasteiger partial charge in [-0.3, -0.25) is 0 Å². The lowest BCUT2D eigenvalue weighted by Crippen LogP contribution is -2.17. The largest absolute Gasteiger partial charge is 0.398 e. The van der Waals surface area contributed by atoms with Gasteiger partial charge in [-0.05, 0) is 66.7 Å². The van der Waals surface area contributed by atoms with Gasteiger partial charge in [0, 0.05) is 11.3 Å². The van der Waals surface area contributed by atoms with Gasteiger partial charge < -0.3 is 5.73 Å². The average Bonchev–Trinajstić information content (AvgIpc) is 2.70. The fourth-order valence-electron chi connectivity index (χ4n) is 4.42. The molecule has 0 aliphatic carbocycles. The third-order valence-corrected chi connectivity index (χ3v) is 7.03. The van der Waals surface area contributed by atoms with Crippen LogP contribution in [0.2, 0.25) is 0 Å². The van der Waals surface area contributed by atoms with E-state index >= 15 is 0 Å². The van der Waals surface area contributed by atoms with Crippen LogP contribution in [0.5, 0.6) is 0 Å². The van der Waals surface area contributed by atoms with Gasteiger partial charge in [-0.2, -0.15) is 0 Å². The summed E-state index contributed by atoms with van der Waals surface area (Å²) in [6, 6.07) is 20.6. The Hall–Kier alpha value is -2.54. The Morgan fingerprint density at radius 1 is 0.457 bits per heavy atom. The molecule has 3 rings (SSSR count). The van der Waals surface area contributed by atoms with Gasteiger partial charge >= 0.3 is 0 Å². The summed E-state index contributed by atoms with van der Waals surface area (Å²) in [5.74, 6) is 0.